The summed E-state index contributed by atoms with van der Waals surface area (Å²) in [6.07, 6.45) is 4.42. The van der Waals surface area contributed by atoms with E-state index in [4.69, 9.17) is 0 Å². The normalized spacial score (nSPS) is 43.8. The third-order valence-corrected chi connectivity index (χ3v) is 2.66. The van der Waals surface area contributed by atoms with Crippen LogP contribution in [0.1, 0.15) is 32.6 Å². The second-order valence-electron chi connectivity index (χ2n) is 3.92. The highest BCUT2D eigenvalue weighted by atomic mass is 16.3. The van der Waals surface area contributed by atoms with Gasteiger partial charge >= 0.3 is 0 Å². The molecule has 1 aliphatic carbocycles. The lowest BCUT2D eigenvalue weighted by atomic mass is 9.95. The molecule has 2 heteroatoms. The fourth-order valence-electron chi connectivity index (χ4n) is 2.08. The van der Waals surface area contributed by atoms with E-state index in [9.17, 15) is 5.11 Å². The predicted molar refractivity (Wildman–Crippen MR) is 39.8 cm³/mol. The Hall–Kier alpha value is -0.0800. The van der Waals surface area contributed by atoms with Gasteiger partial charge in [0.25, 0.3) is 0 Å². The highest BCUT2D eigenvalue weighted by molar-refractivity contribution is 5.07. The van der Waals surface area contributed by atoms with E-state index in [1.165, 1.54) is 12.8 Å². The van der Waals surface area contributed by atoms with Crippen LogP contribution >= 0.6 is 0 Å². The number of aliphatic hydroxyl groups is 1. The Morgan fingerprint density at radius 3 is 2.70 bits per heavy atom. The van der Waals surface area contributed by atoms with Crippen molar-refractivity contribution >= 4 is 0 Å². The maximum Gasteiger partial charge on any atom is 0.0572 e. The van der Waals surface area contributed by atoms with Crippen molar-refractivity contribution in [2.24, 2.45) is 0 Å². The van der Waals surface area contributed by atoms with E-state index in [0.717, 1.165) is 12.8 Å². The summed E-state index contributed by atoms with van der Waals surface area (Å²) in [7, 11) is 0. The van der Waals surface area contributed by atoms with Crippen molar-refractivity contribution in [1.82, 2.24) is 5.32 Å². The molecule has 0 aromatic heterocycles. The molecular formula is C8H15NO. The number of hydrogen-bond acceptors (Lipinski definition) is 2. The van der Waals surface area contributed by atoms with Gasteiger partial charge in [-0.25, -0.2) is 0 Å². The number of nitrogens with one attached hydrogen (secondary N) is 1. The van der Waals surface area contributed by atoms with Gasteiger partial charge in [0.2, 0.25) is 0 Å². The van der Waals surface area contributed by atoms with Crippen LogP contribution in [0.2, 0.25) is 0 Å². The first-order chi connectivity index (χ1) is 4.70. The quantitative estimate of drug-likeness (QED) is 0.519. The first-order valence-corrected chi connectivity index (χ1v) is 4.16. The monoisotopic (exact) mass is 141 g/mol. The first kappa shape index (κ1) is 6.62. The lowest BCUT2D eigenvalue weighted by molar-refractivity contribution is 0.0911. The molecule has 2 atom stereocenters. The molecule has 1 saturated carbocycles. The fourth-order valence-corrected chi connectivity index (χ4v) is 2.08. The molecule has 1 aliphatic heterocycles. The molecule has 2 N–H and O–H groups in total. The smallest absolute Gasteiger partial charge is 0.0572 e. The van der Waals surface area contributed by atoms with E-state index in [1.807, 2.05) is 0 Å². The zero-order chi connectivity index (χ0) is 7.19. The molecule has 10 heavy (non-hydrogen) atoms. The minimum Gasteiger partial charge on any atom is -0.393 e. The molecule has 1 spiro atoms. The lowest BCUT2D eigenvalue weighted by Crippen LogP contribution is -2.47. The van der Waals surface area contributed by atoms with Gasteiger partial charge in [-0.2, -0.15) is 0 Å². The molecule has 2 rings (SSSR count). The van der Waals surface area contributed by atoms with Crippen LogP contribution in [0, 0.1) is 0 Å². The van der Waals surface area contributed by atoms with Crippen molar-refractivity contribution < 1.29 is 5.11 Å². The summed E-state index contributed by atoms with van der Waals surface area (Å²) in [4.78, 5) is 0. The Labute approximate surface area is 61.6 Å². The van der Waals surface area contributed by atoms with E-state index in [1.54, 1.807) is 0 Å². The van der Waals surface area contributed by atoms with Gasteiger partial charge in [-0.1, -0.05) is 0 Å². The van der Waals surface area contributed by atoms with Crippen LogP contribution < -0.4 is 5.32 Å². The van der Waals surface area contributed by atoms with Gasteiger partial charge in [0.1, 0.15) is 0 Å². The molecule has 2 fully saturated rings. The van der Waals surface area contributed by atoms with Gasteiger partial charge < -0.3 is 10.4 Å². The van der Waals surface area contributed by atoms with Crippen LogP contribution in [-0.2, 0) is 0 Å². The average molecular weight is 141 g/mol. The third-order valence-electron chi connectivity index (χ3n) is 2.66. The summed E-state index contributed by atoms with van der Waals surface area (Å²) in [5, 5.41) is 13.0. The summed E-state index contributed by atoms with van der Waals surface area (Å²) < 4.78 is 0. The average Bonchev–Trinajstić information content (AvgIpc) is 2.44. The Morgan fingerprint density at radius 2 is 2.20 bits per heavy atom. The maximum absolute atomic E-state index is 9.42. The van der Waals surface area contributed by atoms with Crippen molar-refractivity contribution in [1.29, 1.82) is 0 Å². The molecule has 0 amide bonds. The predicted octanol–water partition coefficient (Wildman–Crippen LogP) is 0.652. The van der Waals surface area contributed by atoms with Crippen molar-refractivity contribution in [3.63, 3.8) is 0 Å². The van der Waals surface area contributed by atoms with E-state index in [2.05, 4.69) is 12.2 Å². The summed E-state index contributed by atoms with van der Waals surface area (Å²) in [6, 6.07) is 0.520. The zero-order valence-corrected chi connectivity index (χ0v) is 6.43. The highest BCUT2D eigenvalue weighted by Crippen LogP contribution is 2.43. The van der Waals surface area contributed by atoms with Crippen LogP contribution in [0.25, 0.3) is 0 Å². The number of aliphatic hydroxyl groups excluding tert-OH is 1. The van der Waals surface area contributed by atoms with E-state index in [0.29, 0.717) is 11.6 Å². The lowest BCUT2D eigenvalue weighted by Gasteiger charge is -2.32. The molecule has 0 aromatic carbocycles. The Bertz CT molecular complexity index is 130. The second kappa shape index (κ2) is 1.95. The standard InChI is InChI=1S/C8H15NO/c1-6-4-7(10)5-8(9-6)2-3-8/h6-7,9-10H,2-5H2,1H3/t6-,7+/m0/s1. The van der Waals surface area contributed by atoms with Gasteiger partial charge in [0, 0.05) is 11.6 Å². The molecular weight excluding hydrogens is 126 g/mol. The molecule has 0 aromatic rings. The molecule has 1 saturated heterocycles. The van der Waals surface area contributed by atoms with Crippen LogP contribution in [0.4, 0.5) is 0 Å². The molecule has 0 radical (unpaired) electrons. The van der Waals surface area contributed by atoms with Crippen molar-refractivity contribution in [2.45, 2.75) is 50.3 Å². The van der Waals surface area contributed by atoms with Gasteiger partial charge in [0.15, 0.2) is 0 Å². The largest absolute Gasteiger partial charge is 0.393 e. The summed E-state index contributed by atoms with van der Waals surface area (Å²) >= 11 is 0. The molecule has 1 heterocycles. The first-order valence-electron chi connectivity index (χ1n) is 4.16. The van der Waals surface area contributed by atoms with Crippen molar-refractivity contribution in [3.8, 4) is 0 Å². The number of rotatable bonds is 0. The maximum atomic E-state index is 9.42. The minimum atomic E-state index is -0.0428. The van der Waals surface area contributed by atoms with E-state index in [-0.39, 0.29) is 6.10 Å². The molecule has 2 aliphatic rings. The van der Waals surface area contributed by atoms with Crippen LogP contribution in [-0.4, -0.2) is 22.8 Å². The van der Waals surface area contributed by atoms with Gasteiger partial charge in [-0.05, 0) is 32.6 Å². The third kappa shape index (κ3) is 1.06. The Morgan fingerprint density at radius 1 is 1.50 bits per heavy atom. The van der Waals surface area contributed by atoms with Crippen molar-refractivity contribution in [3.05, 3.63) is 0 Å². The van der Waals surface area contributed by atoms with Crippen LogP contribution in [0.3, 0.4) is 0 Å². The van der Waals surface area contributed by atoms with Crippen LogP contribution in [0.15, 0.2) is 0 Å². The van der Waals surface area contributed by atoms with Gasteiger partial charge in [-0.15, -0.1) is 0 Å². The number of hydrogen-bond donors (Lipinski definition) is 2. The second-order valence-corrected chi connectivity index (χ2v) is 3.92. The molecule has 0 bridgehead atoms. The highest BCUT2D eigenvalue weighted by Gasteiger charge is 2.47. The van der Waals surface area contributed by atoms with E-state index >= 15 is 0 Å². The Balaban J connectivity index is 2.00. The summed E-state index contributed by atoms with van der Waals surface area (Å²) in [5.74, 6) is 0. The van der Waals surface area contributed by atoms with Crippen molar-refractivity contribution in [2.75, 3.05) is 0 Å². The molecule has 0 unspecified atom stereocenters. The summed E-state index contributed by atoms with van der Waals surface area (Å²) in [5.41, 5.74) is 0.372. The SMILES string of the molecule is C[C@H]1C[C@@H](O)CC2(CC2)N1. The Kier molecular flexibility index (Phi) is 1.29. The topological polar surface area (TPSA) is 32.3 Å². The van der Waals surface area contributed by atoms with Gasteiger partial charge in [0.05, 0.1) is 6.10 Å². The number of piperidine rings is 1. The van der Waals surface area contributed by atoms with E-state index < -0.39 is 0 Å². The van der Waals surface area contributed by atoms with Crippen LogP contribution in [0.5, 0.6) is 0 Å². The van der Waals surface area contributed by atoms with Gasteiger partial charge in [-0.3, -0.25) is 0 Å². The minimum absolute atomic E-state index is 0.0428. The zero-order valence-electron chi connectivity index (χ0n) is 6.43. The summed E-state index contributed by atoms with van der Waals surface area (Å²) in [6.45, 7) is 2.16. The fraction of sp³-hybridized carbons (Fsp3) is 1.00. The molecule has 58 valence electrons. The molecule has 2 nitrogen and oxygen atoms in total.